The van der Waals surface area contributed by atoms with Gasteiger partial charge in [0.2, 0.25) is 0 Å². The zero-order valence-corrected chi connectivity index (χ0v) is 13.2. The average Bonchev–Trinajstić information content (AvgIpc) is 3.13. The van der Waals surface area contributed by atoms with E-state index in [9.17, 15) is 0 Å². The molecule has 0 amide bonds. The van der Waals surface area contributed by atoms with Gasteiger partial charge in [0, 0.05) is 10.7 Å². The number of benzene rings is 1. The van der Waals surface area contributed by atoms with E-state index in [4.69, 9.17) is 0 Å². The van der Waals surface area contributed by atoms with E-state index in [-0.39, 0.29) is 0 Å². The van der Waals surface area contributed by atoms with Crippen LogP contribution in [0.1, 0.15) is 57.1 Å². The van der Waals surface area contributed by atoms with E-state index in [1.807, 2.05) is 11.3 Å². The van der Waals surface area contributed by atoms with Crippen molar-refractivity contribution in [1.82, 2.24) is 5.32 Å². The predicted molar refractivity (Wildman–Crippen MR) is 89.4 cm³/mol. The van der Waals surface area contributed by atoms with E-state index in [1.54, 1.807) is 0 Å². The van der Waals surface area contributed by atoms with E-state index in [2.05, 4.69) is 41.9 Å². The maximum absolute atomic E-state index is 3.71. The van der Waals surface area contributed by atoms with Crippen molar-refractivity contribution in [1.29, 1.82) is 0 Å². The van der Waals surface area contributed by atoms with Gasteiger partial charge in [-0.2, -0.15) is 0 Å². The summed E-state index contributed by atoms with van der Waals surface area (Å²) in [7, 11) is 0. The zero-order chi connectivity index (χ0) is 13.8. The molecule has 1 unspecified atom stereocenters. The van der Waals surface area contributed by atoms with Crippen molar-refractivity contribution in [3.8, 4) is 0 Å². The average molecular weight is 287 g/mol. The van der Waals surface area contributed by atoms with Gasteiger partial charge in [-0.15, -0.1) is 11.3 Å². The van der Waals surface area contributed by atoms with Gasteiger partial charge in [0.25, 0.3) is 0 Å². The normalized spacial score (nSPS) is 17.9. The third kappa shape index (κ3) is 3.07. The van der Waals surface area contributed by atoms with Gasteiger partial charge in [-0.25, -0.2) is 0 Å². The number of hydrogen-bond acceptors (Lipinski definition) is 2. The second kappa shape index (κ2) is 6.73. The van der Waals surface area contributed by atoms with Gasteiger partial charge in [0.15, 0.2) is 0 Å². The molecule has 20 heavy (non-hydrogen) atoms. The number of fused-ring (bicyclic) bond motifs is 1. The van der Waals surface area contributed by atoms with E-state index in [1.165, 1.54) is 54.2 Å². The van der Waals surface area contributed by atoms with Gasteiger partial charge in [0.05, 0.1) is 0 Å². The third-order valence-electron chi connectivity index (χ3n) is 4.68. The summed E-state index contributed by atoms with van der Waals surface area (Å²) in [5, 5.41) is 7.53. The molecule has 2 aromatic rings. The lowest BCUT2D eigenvalue weighted by atomic mass is 9.94. The van der Waals surface area contributed by atoms with Crippen LogP contribution in [-0.4, -0.2) is 6.54 Å². The fourth-order valence-electron chi connectivity index (χ4n) is 3.58. The molecular weight excluding hydrogens is 262 g/mol. The molecule has 1 N–H and O–H groups in total. The standard InChI is InChI=1S/C18H25NS/c1-2-19-17(12-11-14-7-3-4-8-14)16-13-20-18-10-6-5-9-15(16)18/h5-6,9-10,13-14,17,19H,2-4,7-8,11-12H2,1H3. The first kappa shape index (κ1) is 14.1. The van der Waals surface area contributed by atoms with Crippen molar-refractivity contribution in [2.75, 3.05) is 6.54 Å². The number of thiophene rings is 1. The highest BCUT2D eigenvalue weighted by Crippen LogP contribution is 2.35. The molecule has 0 saturated heterocycles. The van der Waals surface area contributed by atoms with Gasteiger partial charge in [-0.1, -0.05) is 50.8 Å². The Hall–Kier alpha value is -0.860. The monoisotopic (exact) mass is 287 g/mol. The largest absolute Gasteiger partial charge is 0.310 e. The van der Waals surface area contributed by atoms with Crippen LogP contribution in [-0.2, 0) is 0 Å². The Morgan fingerprint density at radius 3 is 2.85 bits per heavy atom. The van der Waals surface area contributed by atoms with Gasteiger partial charge in [-0.05, 0) is 47.7 Å². The van der Waals surface area contributed by atoms with Gasteiger partial charge in [0.1, 0.15) is 0 Å². The van der Waals surface area contributed by atoms with E-state index >= 15 is 0 Å². The molecule has 1 saturated carbocycles. The highest BCUT2D eigenvalue weighted by molar-refractivity contribution is 7.17. The summed E-state index contributed by atoms with van der Waals surface area (Å²) in [6.07, 6.45) is 8.52. The Labute approximate surface area is 126 Å². The molecule has 1 aliphatic rings. The molecule has 0 spiro atoms. The molecule has 108 valence electrons. The number of hydrogen-bond donors (Lipinski definition) is 1. The van der Waals surface area contributed by atoms with Crippen molar-refractivity contribution in [2.45, 2.75) is 51.5 Å². The van der Waals surface area contributed by atoms with E-state index in [0.717, 1.165) is 12.5 Å². The lowest BCUT2D eigenvalue weighted by molar-refractivity contribution is 0.418. The van der Waals surface area contributed by atoms with Crippen LogP contribution in [0.4, 0.5) is 0 Å². The molecule has 3 rings (SSSR count). The summed E-state index contributed by atoms with van der Waals surface area (Å²) < 4.78 is 1.42. The fourth-order valence-corrected chi connectivity index (χ4v) is 4.60. The molecule has 1 aliphatic carbocycles. The highest BCUT2D eigenvalue weighted by Gasteiger charge is 2.19. The second-order valence-corrected chi connectivity index (χ2v) is 6.94. The van der Waals surface area contributed by atoms with Gasteiger partial charge >= 0.3 is 0 Å². The summed E-state index contributed by atoms with van der Waals surface area (Å²) in [4.78, 5) is 0. The first-order valence-electron chi connectivity index (χ1n) is 8.08. The number of rotatable bonds is 6. The molecule has 1 atom stereocenters. The first-order chi connectivity index (χ1) is 9.88. The van der Waals surface area contributed by atoms with Crippen molar-refractivity contribution < 1.29 is 0 Å². The summed E-state index contributed by atoms with van der Waals surface area (Å²) in [6, 6.07) is 9.36. The van der Waals surface area contributed by atoms with Crippen LogP contribution < -0.4 is 5.32 Å². The first-order valence-corrected chi connectivity index (χ1v) is 8.96. The van der Waals surface area contributed by atoms with Gasteiger partial charge in [-0.3, -0.25) is 0 Å². The molecule has 0 bridgehead atoms. The van der Waals surface area contributed by atoms with Gasteiger partial charge < -0.3 is 5.32 Å². The summed E-state index contributed by atoms with van der Waals surface area (Å²) in [5.74, 6) is 0.987. The quantitative estimate of drug-likeness (QED) is 0.737. The van der Waals surface area contributed by atoms with Crippen LogP contribution in [0, 0.1) is 5.92 Å². The molecule has 1 aromatic heterocycles. The second-order valence-electron chi connectivity index (χ2n) is 6.03. The third-order valence-corrected chi connectivity index (χ3v) is 5.66. The molecule has 0 aliphatic heterocycles. The highest BCUT2D eigenvalue weighted by atomic mass is 32.1. The fraction of sp³-hybridized carbons (Fsp3) is 0.556. The molecule has 2 heteroatoms. The lowest BCUT2D eigenvalue weighted by Gasteiger charge is -2.19. The summed E-state index contributed by atoms with van der Waals surface area (Å²) in [5.41, 5.74) is 1.52. The minimum atomic E-state index is 0.539. The Bertz CT molecular complexity index is 539. The smallest absolute Gasteiger partial charge is 0.0346 e. The Balaban J connectivity index is 1.75. The van der Waals surface area contributed by atoms with Crippen LogP contribution in [0.15, 0.2) is 29.6 Å². The van der Waals surface area contributed by atoms with Crippen molar-refractivity contribution in [3.63, 3.8) is 0 Å². The Kier molecular flexibility index (Phi) is 4.74. The Morgan fingerprint density at radius 1 is 1.25 bits per heavy atom. The van der Waals surface area contributed by atoms with Crippen LogP contribution in [0.3, 0.4) is 0 Å². The SMILES string of the molecule is CCNC(CCC1CCCC1)c1csc2ccccc12. The molecule has 0 radical (unpaired) electrons. The maximum Gasteiger partial charge on any atom is 0.0346 e. The van der Waals surface area contributed by atoms with Crippen molar-refractivity contribution in [2.24, 2.45) is 5.92 Å². The van der Waals surface area contributed by atoms with Crippen LogP contribution in [0.2, 0.25) is 0 Å². The van der Waals surface area contributed by atoms with E-state index < -0.39 is 0 Å². The minimum Gasteiger partial charge on any atom is -0.310 e. The Morgan fingerprint density at radius 2 is 2.05 bits per heavy atom. The zero-order valence-electron chi connectivity index (χ0n) is 12.4. The molecule has 1 heterocycles. The molecular formula is C18H25NS. The van der Waals surface area contributed by atoms with Crippen LogP contribution in [0.5, 0.6) is 0 Å². The van der Waals surface area contributed by atoms with Crippen LogP contribution >= 0.6 is 11.3 Å². The van der Waals surface area contributed by atoms with E-state index in [0.29, 0.717) is 6.04 Å². The predicted octanol–water partition coefficient (Wildman–Crippen LogP) is 5.52. The summed E-state index contributed by atoms with van der Waals surface area (Å²) in [6.45, 7) is 3.27. The minimum absolute atomic E-state index is 0.539. The van der Waals surface area contributed by atoms with Crippen molar-refractivity contribution in [3.05, 3.63) is 35.2 Å². The maximum atomic E-state index is 3.71. The molecule has 1 fully saturated rings. The molecule has 1 nitrogen and oxygen atoms in total. The van der Waals surface area contributed by atoms with Crippen molar-refractivity contribution >= 4 is 21.4 Å². The topological polar surface area (TPSA) is 12.0 Å². The molecule has 1 aromatic carbocycles. The van der Waals surface area contributed by atoms with Crippen LogP contribution in [0.25, 0.3) is 10.1 Å². The number of nitrogens with one attached hydrogen (secondary N) is 1. The summed E-state index contributed by atoms with van der Waals surface area (Å²) >= 11 is 1.89. The lowest BCUT2D eigenvalue weighted by Crippen LogP contribution is -2.21.